The lowest BCUT2D eigenvalue weighted by Gasteiger charge is -2.32. The van der Waals surface area contributed by atoms with Gasteiger partial charge < -0.3 is 9.64 Å². The number of aryl methyl sites for hydroxylation is 1. The predicted octanol–water partition coefficient (Wildman–Crippen LogP) is 2.72. The molecule has 1 aliphatic rings. The van der Waals surface area contributed by atoms with Gasteiger partial charge in [0.05, 0.1) is 18.2 Å². The fraction of sp³-hybridized carbons (Fsp3) is 0.286. The zero-order valence-corrected chi connectivity index (χ0v) is 17.4. The van der Waals surface area contributed by atoms with Crippen LogP contribution in [0.1, 0.15) is 48.1 Å². The molecule has 0 aliphatic carbocycles. The zero-order valence-electron chi connectivity index (χ0n) is 16.6. The highest BCUT2D eigenvalue weighted by atomic mass is 32.1. The van der Waals surface area contributed by atoms with Crippen molar-refractivity contribution in [3.8, 4) is 0 Å². The monoisotopic (exact) mass is 424 g/mol. The minimum atomic E-state index is -0.475. The first-order chi connectivity index (χ1) is 14.5. The second-order valence-electron chi connectivity index (χ2n) is 6.88. The number of ether oxygens (including phenoxy) is 1. The molecule has 2 aromatic heterocycles. The standard InChI is InChI=1S/C21H20N4O4S/c1-3-18-23-25-19(27)10-15(22-21(25)30-18)12-29-20(28)11-17-16-7-5-4-6-14(16)8-9-24(17)13(2)26/h4-10,17H,3,11-12H2,1-2H3/t17-/m1/s1. The number of rotatable bonds is 5. The summed E-state index contributed by atoms with van der Waals surface area (Å²) in [4.78, 5) is 43.2. The maximum Gasteiger partial charge on any atom is 0.308 e. The van der Waals surface area contributed by atoms with Crippen molar-refractivity contribution in [1.82, 2.24) is 19.5 Å². The van der Waals surface area contributed by atoms with Gasteiger partial charge in [-0.2, -0.15) is 9.61 Å². The lowest BCUT2D eigenvalue weighted by molar-refractivity contribution is -0.147. The van der Waals surface area contributed by atoms with Gasteiger partial charge in [0.1, 0.15) is 11.6 Å². The maximum absolute atomic E-state index is 12.6. The van der Waals surface area contributed by atoms with E-state index < -0.39 is 12.0 Å². The first-order valence-electron chi connectivity index (χ1n) is 9.56. The summed E-state index contributed by atoms with van der Waals surface area (Å²) in [5, 5.41) is 5.01. The van der Waals surface area contributed by atoms with Crippen LogP contribution in [0.25, 0.3) is 11.0 Å². The Labute approximate surface area is 176 Å². The fourth-order valence-electron chi connectivity index (χ4n) is 3.40. The van der Waals surface area contributed by atoms with E-state index in [0.717, 1.165) is 16.1 Å². The van der Waals surface area contributed by atoms with Gasteiger partial charge in [0.25, 0.3) is 5.56 Å². The lowest BCUT2D eigenvalue weighted by Crippen LogP contribution is -2.32. The number of carbonyl (C=O) groups is 2. The van der Waals surface area contributed by atoms with E-state index in [9.17, 15) is 14.4 Å². The second-order valence-corrected chi connectivity index (χ2v) is 7.92. The van der Waals surface area contributed by atoms with E-state index in [4.69, 9.17) is 4.74 Å². The summed E-state index contributed by atoms with van der Waals surface area (Å²) >= 11 is 1.33. The molecule has 0 unspecified atom stereocenters. The molecule has 3 heterocycles. The van der Waals surface area contributed by atoms with E-state index >= 15 is 0 Å². The number of esters is 1. The molecule has 9 heteroatoms. The number of aromatic nitrogens is 3. The molecule has 1 aliphatic heterocycles. The molecule has 1 amide bonds. The van der Waals surface area contributed by atoms with Gasteiger partial charge in [-0.15, -0.1) is 0 Å². The number of benzene rings is 1. The fourth-order valence-corrected chi connectivity index (χ4v) is 4.25. The van der Waals surface area contributed by atoms with Gasteiger partial charge in [0, 0.05) is 19.2 Å². The predicted molar refractivity (Wildman–Crippen MR) is 112 cm³/mol. The van der Waals surface area contributed by atoms with Crippen molar-refractivity contribution in [1.29, 1.82) is 0 Å². The summed E-state index contributed by atoms with van der Waals surface area (Å²) in [6.45, 7) is 3.30. The van der Waals surface area contributed by atoms with E-state index in [1.54, 1.807) is 6.20 Å². The summed E-state index contributed by atoms with van der Waals surface area (Å²) in [5.74, 6) is -0.632. The van der Waals surface area contributed by atoms with Crippen molar-refractivity contribution in [2.24, 2.45) is 0 Å². The summed E-state index contributed by atoms with van der Waals surface area (Å²) < 4.78 is 6.64. The van der Waals surface area contributed by atoms with Crippen molar-refractivity contribution in [2.45, 2.75) is 39.3 Å². The molecule has 30 heavy (non-hydrogen) atoms. The Morgan fingerprint density at radius 1 is 1.27 bits per heavy atom. The van der Waals surface area contributed by atoms with Crippen LogP contribution in [0.5, 0.6) is 0 Å². The third-order valence-corrected chi connectivity index (χ3v) is 5.91. The third kappa shape index (κ3) is 3.88. The van der Waals surface area contributed by atoms with E-state index in [2.05, 4.69) is 10.1 Å². The number of nitrogens with zero attached hydrogens (tertiary/aromatic N) is 4. The number of carbonyl (C=O) groups excluding carboxylic acids is 2. The highest BCUT2D eigenvalue weighted by molar-refractivity contribution is 7.16. The molecule has 1 atom stereocenters. The van der Waals surface area contributed by atoms with E-state index in [1.807, 2.05) is 37.3 Å². The minimum absolute atomic E-state index is 0.00268. The lowest BCUT2D eigenvalue weighted by atomic mass is 9.94. The van der Waals surface area contributed by atoms with Gasteiger partial charge in [-0.3, -0.25) is 14.4 Å². The van der Waals surface area contributed by atoms with Crippen LogP contribution in [0, 0.1) is 0 Å². The summed E-state index contributed by atoms with van der Waals surface area (Å²) in [7, 11) is 0. The Morgan fingerprint density at radius 3 is 2.83 bits per heavy atom. The van der Waals surface area contributed by atoms with Gasteiger partial charge in [-0.1, -0.05) is 42.5 Å². The average molecular weight is 424 g/mol. The summed E-state index contributed by atoms with van der Waals surface area (Å²) in [6.07, 6.45) is 4.25. The smallest absolute Gasteiger partial charge is 0.308 e. The Kier molecular flexibility index (Phi) is 5.45. The van der Waals surface area contributed by atoms with Crippen molar-refractivity contribution >= 4 is 34.3 Å². The van der Waals surface area contributed by atoms with Crippen LogP contribution in [0.4, 0.5) is 0 Å². The Morgan fingerprint density at radius 2 is 2.07 bits per heavy atom. The molecule has 0 saturated carbocycles. The molecule has 0 bridgehead atoms. The van der Waals surface area contributed by atoms with Crippen LogP contribution in [0.15, 0.2) is 41.3 Å². The van der Waals surface area contributed by atoms with Crippen LogP contribution in [-0.4, -0.2) is 31.4 Å². The minimum Gasteiger partial charge on any atom is -0.459 e. The quantitative estimate of drug-likeness (QED) is 0.585. The Hall–Kier alpha value is -3.33. The molecule has 0 spiro atoms. The molecule has 1 aromatic carbocycles. The Bertz CT molecular complexity index is 1210. The number of amides is 1. The molecule has 3 aromatic rings. The van der Waals surface area contributed by atoms with Gasteiger partial charge in [0.2, 0.25) is 10.9 Å². The topological polar surface area (TPSA) is 93.9 Å². The Balaban J connectivity index is 1.49. The van der Waals surface area contributed by atoms with E-state index in [0.29, 0.717) is 17.1 Å². The summed E-state index contributed by atoms with van der Waals surface area (Å²) in [5.41, 5.74) is 1.91. The molecule has 4 rings (SSSR count). The number of hydrogen-bond acceptors (Lipinski definition) is 7. The average Bonchev–Trinajstić information content (AvgIpc) is 3.16. The highest BCUT2D eigenvalue weighted by Gasteiger charge is 2.28. The molecule has 0 N–H and O–H groups in total. The van der Waals surface area contributed by atoms with Crippen molar-refractivity contribution in [3.05, 3.63) is 68.7 Å². The molecular weight excluding hydrogens is 404 g/mol. The van der Waals surface area contributed by atoms with E-state index in [-0.39, 0.29) is 24.5 Å². The number of fused-ring (bicyclic) bond motifs is 2. The molecule has 154 valence electrons. The first kappa shape index (κ1) is 20.0. The van der Waals surface area contributed by atoms with Crippen molar-refractivity contribution in [3.63, 3.8) is 0 Å². The molecule has 0 radical (unpaired) electrons. The maximum atomic E-state index is 12.6. The van der Waals surface area contributed by atoms with Crippen LogP contribution < -0.4 is 5.56 Å². The first-order valence-corrected chi connectivity index (χ1v) is 10.4. The van der Waals surface area contributed by atoms with Gasteiger partial charge in [0.15, 0.2) is 0 Å². The number of hydrogen-bond donors (Lipinski definition) is 0. The SMILES string of the molecule is CCc1nn2c(=O)cc(COC(=O)C[C@@H]3c4ccccc4C=CN3C(C)=O)nc2s1. The van der Waals surface area contributed by atoms with Crippen LogP contribution in [0.2, 0.25) is 0 Å². The van der Waals surface area contributed by atoms with Gasteiger partial charge in [-0.05, 0) is 23.6 Å². The molecule has 0 saturated heterocycles. The largest absolute Gasteiger partial charge is 0.459 e. The zero-order chi connectivity index (χ0) is 21.3. The molecule has 8 nitrogen and oxygen atoms in total. The van der Waals surface area contributed by atoms with Crippen LogP contribution in [0.3, 0.4) is 0 Å². The van der Waals surface area contributed by atoms with Crippen LogP contribution >= 0.6 is 11.3 Å². The van der Waals surface area contributed by atoms with E-state index in [1.165, 1.54) is 33.7 Å². The van der Waals surface area contributed by atoms with Crippen molar-refractivity contribution < 1.29 is 14.3 Å². The van der Waals surface area contributed by atoms with Gasteiger partial charge >= 0.3 is 5.97 Å². The molecular formula is C21H20N4O4S. The normalized spacial score (nSPS) is 15.3. The highest BCUT2D eigenvalue weighted by Crippen LogP contribution is 2.33. The summed E-state index contributed by atoms with van der Waals surface area (Å²) in [6, 6.07) is 8.50. The van der Waals surface area contributed by atoms with Gasteiger partial charge in [-0.25, -0.2) is 4.98 Å². The third-order valence-electron chi connectivity index (χ3n) is 4.85. The molecule has 0 fully saturated rings. The second kappa shape index (κ2) is 8.19. The van der Waals surface area contributed by atoms with Crippen molar-refractivity contribution in [2.75, 3.05) is 0 Å². The van der Waals surface area contributed by atoms with Crippen LogP contribution in [-0.2, 0) is 27.4 Å².